The van der Waals surface area contributed by atoms with Crippen LogP contribution in [0.2, 0.25) is 0 Å². The van der Waals surface area contributed by atoms with Crippen LogP contribution in [0.5, 0.6) is 0 Å². The van der Waals surface area contributed by atoms with Crippen molar-refractivity contribution in [2.45, 2.75) is 51.4 Å². The van der Waals surface area contributed by atoms with E-state index in [0.717, 1.165) is 86.0 Å². The van der Waals surface area contributed by atoms with Gasteiger partial charge in [0.05, 0.1) is 23.8 Å². The topological polar surface area (TPSA) is 167 Å². The monoisotopic (exact) mass is 806 g/mol. The lowest BCUT2D eigenvalue weighted by Crippen LogP contribution is -2.22. The second-order valence-electron chi connectivity index (χ2n) is 15.3. The Morgan fingerprint density at radius 3 is 1.33 bits per heavy atom. The minimum atomic E-state index is -0.408. The Morgan fingerprint density at radius 1 is 0.500 bits per heavy atom. The number of aromatic nitrogens is 6. The van der Waals surface area contributed by atoms with Crippen LogP contribution in [-0.4, -0.2) is 96.9 Å². The fourth-order valence-electron chi connectivity index (χ4n) is 7.63. The van der Waals surface area contributed by atoms with Crippen LogP contribution < -0.4 is 21.3 Å². The van der Waals surface area contributed by atoms with Crippen molar-refractivity contribution in [3.63, 3.8) is 0 Å². The number of urea groups is 1. The van der Waals surface area contributed by atoms with Gasteiger partial charge >= 0.3 is 6.03 Å². The Kier molecular flexibility index (Phi) is 12.9. The number of likely N-dealkylation sites (tertiary alicyclic amines) is 2. The van der Waals surface area contributed by atoms with Crippen LogP contribution in [0, 0.1) is 0 Å². The number of carbonyl (C=O) groups is 3. The third-order valence-electron chi connectivity index (χ3n) is 10.8. The minimum absolute atomic E-state index is 0.0168. The summed E-state index contributed by atoms with van der Waals surface area (Å²) in [5.74, 6) is 0.0336. The number of nitrogens with one attached hydrogen (secondary N) is 4. The summed E-state index contributed by atoms with van der Waals surface area (Å²) in [6.45, 7) is 6.49. The fraction of sp³-hybridized carbons (Fsp3) is 0.311. The molecule has 15 nitrogen and oxygen atoms in total. The summed E-state index contributed by atoms with van der Waals surface area (Å²) in [7, 11) is 0. The zero-order valence-corrected chi connectivity index (χ0v) is 33.6. The molecule has 2 aliphatic rings. The summed E-state index contributed by atoms with van der Waals surface area (Å²) in [4.78, 5) is 42.9. The first kappa shape index (κ1) is 40.1. The molecule has 0 saturated carbocycles. The lowest BCUT2D eigenvalue weighted by Gasteiger charge is -2.13. The highest BCUT2D eigenvalue weighted by Gasteiger charge is 2.15. The van der Waals surface area contributed by atoms with Crippen LogP contribution in [0.4, 0.5) is 27.5 Å². The molecular weight excluding hydrogens is 757 g/mol. The zero-order chi connectivity index (χ0) is 41.1. The molecule has 0 radical (unpaired) electrons. The van der Waals surface area contributed by atoms with E-state index in [2.05, 4.69) is 51.7 Å². The molecule has 0 unspecified atom stereocenters. The molecule has 2 saturated heterocycles. The molecule has 4 aromatic carbocycles. The van der Waals surface area contributed by atoms with Crippen molar-refractivity contribution in [2.75, 3.05) is 60.5 Å². The molecule has 4 N–H and O–H groups in total. The predicted molar refractivity (Wildman–Crippen MR) is 233 cm³/mol. The Bertz CT molecular complexity index is 2210. The van der Waals surface area contributed by atoms with Gasteiger partial charge in [0.25, 0.3) is 0 Å². The third-order valence-corrected chi connectivity index (χ3v) is 10.8. The highest BCUT2D eigenvalue weighted by molar-refractivity contribution is 6.00. The van der Waals surface area contributed by atoms with Crippen LogP contribution in [0.3, 0.4) is 0 Å². The largest absolute Gasteiger partial charge is 0.326 e. The molecular formula is C45H50N12O3. The van der Waals surface area contributed by atoms with E-state index in [-0.39, 0.29) is 11.8 Å². The SMILES string of the molecule is O=C(CCCN1CCCC1)Nc1ccc(-n2cc(-c3cccc(NC(=O)Nc4cccc(-c5cn(-c6ccc(NC(=O)CCCN7CCCC7)cc6)nn5)c4)c3)nn2)cc1. The zero-order valence-electron chi connectivity index (χ0n) is 33.6. The summed E-state index contributed by atoms with van der Waals surface area (Å²) >= 11 is 0. The molecule has 0 atom stereocenters. The summed E-state index contributed by atoms with van der Waals surface area (Å²) in [5, 5.41) is 29.1. The van der Waals surface area contributed by atoms with E-state index in [9.17, 15) is 14.4 Å². The molecule has 2 aromatic heterocycles. The van der Waals surface area contributed by atoms with E-state index in [1.165, 1.54) is 25.7 Å². The van der Waals surface area contributed by atoms with E-state index in [1.54, 1.807) is 21.5 Å². The van der Waals surface area contributed by atoms with Gasteiger partial charge in [-0.05, 0) is 151 Å². The molecule has 2 aliphatic heterocycles. The quantitative estimate of drug-likeness (QED) is 0.0777. The first-order valence-corrected chi connectivity index (χ1v) is 20.8. The number of carbonyl (C=O) groups excluding carboxylic acids is 3. The lowest BCUT2D eigenvalue weighted by molar-refractivity contribution is -0.117. The smallest absolute Gasteiger partial charge is 0.323 e. The number of hydrogen-bond acceptors (Lipinski definition) is 9. The van der Waals surface area contributed by atoms with Crippen LogP contribution in [0.15, 0.2) is 109 Å². The minimum Gasteiger partial charge on any atom is -0.326 e. The first-order chi connectivity index (χ1) is 29.4. The lowest BCUT2D eigenvalue weighted by atomic mass is 10.1. The van der Waals surface area contributed by atoms with Gasteiger partial charge < -0.3 is 31.1 Å². The number of nitrogens with zero attached hydrogens (tertiary/aromatic N) is 8. The second-order valence-corrected chi connectivity index (χ2v) is 15.3. The Morgan fingerprint density at radius 2 is 0.917 bits per heavy atom. The Balaban J connectivity index is 0.813. The van der Waals surface area contributed by atoms with Crippen molar-refractivity contribution >= 4 is 40.6 Å². The van der Waals surface area contributed by atoms with Crippen LogP contribution >= 0.6 is 0 Å². The predicted octanol–water partition coefficient (Wildman–Crippen LogP) is 7.46. The van der Waals surface area contributed by atoms with Gasteiger partial charge in [-0.3, -0.25) is 9.59 Å². The highest BCUT2D eigenvalue weighted by Crippen LogP contribution is 2.25. The highest BCUT2D eigenvalue weighted by atomic mass is 16.2. The van der Waals surface area contributed by atoms with Crippen molar-refractivity contribution in [2.24, 2.45) is 0 Å². The van der Waals surface area contributed by atoms with Crippen molar-refractivity contribution in [3.8, 4) is 33.9 Å². The number of anilines is 4. The van der Waals surface area contributed by atoms with Crippen LogP contribution in [0.1, 0.15) is 51.4 Å². The maximum absolute atomic E-state index is 13.1. The molecule has 8 rings (SSSR count). The van der Waals surface area contributed by atoms with Gasteiger partial charge in [0.2, 0.25) is 11.8 Å². The third kappa shape index (κ3) is 10.9. The standard InChI is InChI=1S/C45H50N12O3/c58-43(13-7-27-54-23-1-2-24-54)46-35-15-19-39(20-16-35)56-31-41(50-52-56)33-9-5-11-37(29-33)48-45(60)49-38-12-6-10-34(30-38)42-32-57(53-51-42)40-21-17-36(18-22-40)47-44(59)14-8-28-55-25-3-4-26-55/h5-6,9-12,15-22,29-32H,1-4,7-8,13-14,23-28H2,(H,46,58)(H,47,59)(H2,48,49,60). The van der Waals surface area contributed by atoms with Crippen molar-refractivity contribution in [1.82, 2.24) is 39.8 Å². The Hall–Kier alpha value is -6.71. The van der Waals surface area contributed by atoms with Gasteiger partial charge in [-0.2, -0.15) is 0 Å². The van der Waals surface area contributed by atoms with Crippen molar-refractivity contribution in [1.29, 1.82) is 0 Å². The normalized spacial score (nSPS) is 14.3. The van der Waals surface area contributed by atoms with Gasteiger partial charge in [-0.1, -0.05) is 34.7 Å². The average Bonchev–Trinajstić information content (AvgIpc) is 4.11. The van der Waals surface area contributed by atoms with Gasteiger partial charge in [-0.25, -0.2) is 14.2 Å². The van der Waals surface area contributed by atoms with E-state index in [1.807, 2.05) is 97.3 Å². The molecule has 15 heteroatoms. The van der Waals surface area contributed by atoms with Gasteiger partial charge in [-0.15, -0.1) is 10.2 Å². The molecule has 308 valence electrons. The number of hydrogen-bond donors (Lipinski definition) is 4. The van der Waals surface area contributed by atoms with Crippen molar-refractivity contribution in [3.05, 3.63) is 109 Å². The second kappa shape index (κ2) is 19.4. The maximum atomic E-state index is 13.1. The number of rotatable bonds is 16. The van der Waals surface area contributed by atoms with Gasteiger partial charge in [0.15, 0.2) is 0 Å². The maximum Gasteiger partial charge on any atom is 0.323 e. The molecule has 6 aromatic rings. The molecule has 0 aliphatic carbocycles. The first-order valence-electron chi connectivity index (χ1n) is 20.8. The van der Waals surface area contributed by atoms with Crippen LogP contribution in [-0.2, 0) is 9.59 Å². The summed E-state index contributed by atoms with van der Waals surface area (Å²) in [6, 6.07) is 29.4. The van der Waals surface area contributed by atoms with E-state index in [0.29, 0.717) is 35.6 Å². The summed E-state index contributed by atoms with van der Waals surface area (Å²) < 4.78 is 3.34. The molecule has 4 heterocycles. The summed E-state index contributed by atoms with van der Waals surface area (Å²) in [6.07, 6.45) is 11.4. The van der Waals surface area contributed by atoms with E-state index in [4.69, 9.17) is 0 Å². The Labute approximate surface area is 349 Å². The fourth-order valence-corrected chi connectivity index (χ4v) is 7.63. The van der Waals surface area contributed by atoms with Gasteiger partial charge in [0, 0.05) is 46.7 Å². The summed E-state index contributed by atoms with van der Waals surface area (Å²) in [5.41, 5.74) is 7.08. The number of benzene rings is 4. The van der Waals surface area contributed by atoms with Crippen molar-refractivity contribution < 1.29 is 14.4 Å². The number of amides is 4. The van der Waals surface area contributed by atoms with Gasteiger partial charge in [0.1, 0.15) is 11.4 Å². The molecule has 2 fully saturated rings. The molecule has 0 bridgehead atoms. The van der Waals surface area contributed by atoms with E-state index >= 15 is 0 Å². The average molecular weight is 807 g/mol. The van der Waals surface area contributed by atoms with Crippen LogP contribution in [0.25, 0.3) is 33.9 Å². The molecule has 4 amide bonds. The molecule has 60 heavy (non-hydrogen) atoms. The van der Waals surface area contributed by atoms with E-state index < -0.39 is 6.03 Å². The molecule has 0 spiro atoms.